The van der Waals surface area contributed by atoms with E-state index in [2.05, 4.69) is 0 Å². The summed E-state index contributed by atoms with van der Waals surface area (Å²) in [5.74, 6) is 0. The molecule has 6 heteroatoms. The Morgan fingerprint density at radius 1 is 1.31 bits per heavy atom. The molecule has 0 saturated heterocycles. The van der Waals surface area contributed by atoms with Crippen LogP contribution in [-0.4, -0.2) is 8.42 Å². The molecule has 0 spiro atoms. The predicted molar refractivity (Wildman–Crippen MR) is 56.5 cm³/mol. The standard InChI is InChI=1S/C7H6Cl2O2S.ClH/c1-5-6(8)3-2-4-7(5)12(9,10)11;/h2-4H,1H3;1H. The molecule has 74 valence electrons. The summed E-state index contributed by atoms with van der Waals surface area (Å²) in [7, 11) is 1.48. The van der Waals surface area contributed by atoms with Crippen molar-refractivity contribution < 1.29 is 8.42 Å². The molecule has 1 aromatic rings. The Labute approximate surface area is 92.7 Å². The molecule has 1 rings (SSSR count). The summed E-state index contributed by atoms with van der Waals surface area (Å²) < 4.78 is 21.8. The van der Waals surface area contributed by atoms with Gasteiger partial charge in [-0.15, -0.1) is 12.4 Å². The van der Waals surface area contributed by atoms with E-state index in [0.29, 0.717) is 10.6 Å². The second-order valence-corrected chi connectivity index (χ2v) is 5.24. The van der Waals surface area contributed by atoms with Crippen LogP contribution in [0.15, 0.2) is 23.1 Å². The van der Waals surface area contributed by atoms with Gasteiger partial charge in [-0.05, 0) is 24.6 Å². The number of hydrogen-bond acceptors (Lipinski definition) is 2. The molecule has 13 heavy (non-hydrogen) atoms. The summed E-state index contributed by atoms with van der Waals surface area (Å²) in [6, 6.07) is 4.58. The van der Waals surface area contributed by atoms with E-state index in [0.717, 1.165) is 0 Å². The van der Waals surface area contributed by atoms with E-state index in [1.165, 1.54) is 6.07 Å². The highest BCUT2D eigenvalue weighted by Crippen LogP contribution is 2.24. The van der Waals surface area contributed by atoms with Crippen LogP contribution in [0.1, 0.15) is 5.56 Å². The lowest BCUT2D eigenvalue weighted by Crippen LogP contribution is -1.94. The fraction of sp³-hybridized carbons (Fsp3) is 0.143. The third kappa shape index (κ3) is 3.02. The van der Waals surface area contributed by atoms with E-state index in [-0.39, 0.29) is 17.3 Å². The second kappa shape index (κ2) is 4.51. The van der Waals surface area contributed by atoms with E-state index >= 15 is 0 Å². The summed E-state index contributed by atoms with van der Waals surface area (Å²) in [6.07, 6.45) is 0. The van der Waals surface area contributed by atoms with Crippen molar-refractivity contribution in [2.75, 3.05) is 0 Å². The van der Waals surface area contributed by atoms with E-state index in [9.17, 15) is 8.42 Å². The van der Waals surface area contributed by atoms with Crippen LogP contribution in [0.5, 0.6) is 0 Å². The maximum atomic E-state index is 10.9. The van der Waals surface area contributed by atoms with Crippen LogP contribution in [0.2, 0.25) is 5.02 Å². The minimum atomic E-state index is -3.67. The number of hydrogen-bond donors (Lipinski definition) is 0. The van der Waals surface area contributed by atoms with Crippen molar-refractivity contribution in [2.24, 2.45) is 0 Å². The van der Waals surface area contributed by atoms with Crippen molar-refractivity contribution in [3.05, 3.63) is 28.8 Å². The molecule has 0 aliphatic heterocycles. The molecule has 0 aliphatic carbocycles. The van der Waals surface area contributed by atoms with Crippen LogP contribution in [0.3, 0.4) is 0 Å². The normalized spacial score (nSPS) is 10.7. The van der Waals surface area contributed by atoms with Crippen molar-refractivity contribution in [3.63, 3.8) is 0 Å². The van der Waals surface area contributed by atoms with Crippen molar-refractivity contribution in [1.29, 1.82) is 0 Å². The molecule has 0 bridgehead atoms. The van der Waals surface area contributed by atoms with Crippen LogP contribution in [0, 0.1) is 6.92 Å². The SMILES string of the molecule is Cc1c(Cl)cccc1S(=O)(=O)Cl.Cl. The molecule has 1 aromatic carbocycles. The van der Waals surface area contributed by atoms with Gasteiger partial charge < -0.3 is 0 Å². The maximum absolute atomic E-state index is 10.9. The summed E-state index contributed by atoms with van der Waals surface area (Å²) in [4.78, 5) is 0.0664. The third-order valence-corrected chi connectivity index (χ3v) is 3.36. The number of rotatable bonds is 1. The van der Waals surface area contributed by atoms with Crippen LogP contribution in [0.25, 0.3) is 0 Å². The molecule has 0 unspecified atom stereocenters. The lowest BCUT2D eigenvalue weighted by atomic mass is 10.2. The Morgan fingerprint density at radius 2 is 1.85 bits per heavy atom. The lowest BCUT2D eigenvalue weighted by molar-refractivity contribution is 0.609. The molecule has 0 N–H and O–H groups in total. The molecule has 0 aromatic heterocycles. The van der Waals surface area contributed by atoms with Gasteiger partial charge in [0.15, 0.2) is 0 Å². The van der Waals surface area contributed by atoms with Crippen molar-refractivity contribution >= 4 is 43.7 Å². The predicted octanol–water partition coefficient (Wildman–Crippen LogP) is 3.00. The molecule has 0 fully saturated rings. The van der Waals surface area contributed by atoms with Gasteiger partial charge in [0.05, 0.1) is 4.90 Å². The molecule has 2 nitrogen and oxygen atoms in total. The van der Waals surface area contributed by atoms with Gasteiger partial charge in [-0.25, -0.2) is 8.42 Å². The zero-order valence-corrected chi connectivity index (χ0v) is 9.77. The smallest absolute Gasteiger partial charge is 0.207 e. The molecule has 0 aliphatic rings. The summed E-state index contributed by atoms with van der Waals surface area (Å²) >= 11 is 5.70. The van der Waals surface area contributed by atoms with E-state index in [1.54, 1.807) is 19.1 Å². The Balaban J connectivity index is 0.00000144. The van der Waals surface area contributed by atoms with E-state index in [4.69, 9.17) is 22.3 Å². The van der Waals surface area contributed by atoms with Crippen LogP contribution in [0.4, 0.5) is 0 Å². The summed E-state index contributed by atoms with van der Waals surface area (Å²) in [6.45, 7) is 1.61. The zero-order valence-electron chi connectivity index (χ0n) is 6.62. The van der Waals surface area contributed by atoms with Gasteiger partial charge in [-0.3, -0.25) is 0 Å². The van der Waals surface area contributed by atoms with Gasteiger partial charge >= 0.3 is 0 Å². The minimum Gasteiger partial charge on any atom is -0.207 e. The first-order chi connectivity index (χ1) is 5.43. The Bertz CT molecular complexity index is 400. The Morgan fingerprint density at radius 3 is 2.23 bits per heavy atom. The van der Waals surface area contributed by atoms with Gasteiger partial charge in [0.1, 0.15) is 0 Å². The second-order valence-electron chi connectivity index (χ2n) is 2.30. The first-order valence-electron chi connectivity index (χ1n) is 3.12. The molecule has 0 amide bonds. The molecular weight excluding hydrogens is 255 g/mol. The van der Waals surface area contributed by atoms with Gasteiger partial charge in [0, 0.05) is 15.7 Å². The molecular formula is C7H7Cl3O2S. The van der Waals surface area contributed by atoms with Crippen molar-refractivity contribution in [1.82, 2.24) is 0 Å². The molecule has 0 heterocycles. The monoisotopic (exact) mass is 260 g/mol. The highest BCUT2D eigenvalue weighted by atomic mass is 35.7. The zero-order chi connectivity index (χ0) is 9.35. The maximum Gasteiger partial charge on any atom is 0.261 e. The first kappa shape index (κ1) is 13.0. The highest BCUT2D eigenvalue weighted by molar-refractivity contribution is 8.13. The molecule has 0 radical (unpaired) electrons. The fourth-order valence-corrected chi connectivity index (χ4v) is 2.30. The summed E-state index contributed by atoms with van der Waals surface area (Å²) in [5, 5.41) is 0.400. The Kier molecular flexibility index (Phi) is 4.52. The fourth-order valence-electron chi connectivity index (χ4n) is 0.852. The quantitative estimate of drug-likeness (QED) is 0.728. The topological polar surface area (TPSA) is 34.1 Å². The summed E-state index contributed by atoms with van der Waals surface area (Å²) in [5.41, 5.74) is 0.481. The van der Waals surface area contributed by atoms with Gasteiger partial charge in [-0.2, -0.15) is 0 Å². The highest BCUT2D eigenvalue weighted by Gasteiger charge is 2.13. The van der Waals surface area contributed by atoms with Crippen LogP contribution in [-0.2, 0) is 9.05 Å². The molecule has 0 saturated carbocycles. The van der Waals surface area contributed by atoms with Crippen molar-refractivity contribution in [2.45, 2.75) is 11.8 Å². The van der Waals surface area contributed by atoms with E-state index in [1.807, 2.05) is 0 Å². The third-order valence-electron chi connectivity index (χ3n) is 1.48. The van der Waals surface area contributed by atoms with E-state index < -0.39 is 9.05 Å². The number of benzene rings is 1. The van der Waals surface area contributed by atoms with Crippen LogP contribution >= 0.6 is 34.7 Å². The lowest BCUT2D eigenvalue weighted by Gasteiger charge is -2.02. The van der Waals surface area contributed by atoms with Gasteiger partial charge in [0.2, 0.25) is 0 Å². The van der Waals surface area contributed by atoms with Crippen LogP contribution < -0.4 is 0 Å². The van der Waals surface area contributed by atoms with Gasteiger partial charge in [-0.1, -0.05) is 17.7 Å². The largest absolute Gasteiger partial charge is 0.261 e. The Hall–Kier alpha value is 0.0400. The van der Waals surface area contributed by atoms with Gasteiger partial charge in [0.25, 0.3) is 9.05 Å². The average Bonchev–Trinajstić information content (AvgIpc) is 1.92. The first-order valence-corrected chi connectivity index (χ1v) is 5.81. The average molecular weight is 262 g/mol. The minimum absolute atomic E-state index is 0. The molecule has 0 atom stereocenters. The van der Waals surface area contributed by atoms with Crippen molar-refractivity contribution in [3.8, 4) is 0 Å². The number of halogens is 3.